The predicted octanol–water partition coefficient (Wildman–Crippen LogP) is 2.30. The molecule has 132 valence electrons. The fourth-order valence-corrected chi connectivity index (χ4v) is 4.21. The maximum Gasteiger partial charge on any atom is 0.225 e. The Bertz CT molecular complexity index is 340. The largest absolute Gasteiger partial charge is 0.352 e. The minimum Gasteiger partial charge on any atom is -0.352 e. The van der Waals surface area contributed by atoms with Gasteiger partial charge in [0.05, 0.1) is 5.92 Å². The van der Waals surface area contributed by atoms with E-state index in [0.717, 1.165) is 13.0 Å². The highest BCUT2D eigenvalue weighted by Gasteiger charge is 2.49. The van der Waals surface area contributed by atoms with Crippen LogP contribution < -0.4 is 11.1 Å². The van der Waals surface area contributed by atoms with E-state index >= 15 is 0 Å². The van der Waals surface area contributed by atoms with Crippen molar-refractivity contribution in [3.8, 4) is 0 Å². The molecule has 4 nitrogen and oxygen atoms in total. The number of fused-ring (bicyclic) bond motifs is 2. The first-order valence-corrected chi connectivity index (χ1v) is 8.09. The van der Waals surface area contributed by atoms with Crippen LogP contribution in [0.5, 0.6) is 0 Å². The highest BCUT2D eigenvalue weighted by atomic mass is 35.5. The topological polar surface area (TPSA) is 58.4 Å². The maximum atomic E-state index is 12.6. The molecule has 0 aromatic heterocycles. The zero-order chi connectivity index (χ0) is 14.9. The Hall–Kier alpha value is -0.0300. The molecule has 22 heavy (non-hydrogen) atoms. The third-order valence-electron chi connectivity index (χ3n) is 4.97. The maximum absolute atomic E-state index is 12.6. The Kier molecular flexibility index (Phi) is 9.30. The number of carbonyl (C=O) groups excluding carboxylic acids is 1. The molecule has 0 aliphatic heterocycles. The van der Waals surface area contributed by atoms with Crippen LogP contribution in [0.25, 0.3) is 0 Å². The molecule has 0 radical (unpaired) electrons. The summed E-state index contributed by atoms with van der Waals surface area (Å²) in [5.41, 5.74) is 6.27. The number of amides is 1. The monoisotopic (exact) mass is 353 g/mol. The van der Waals surface area contributed by atoms with Crippen LogP contribution in [0.3, 0.4) is 0 Å². The molecule has 6 heteroatoms. The minimum atomic E-state index is 0. The lowest BCUT2D eigenvalue weighted by molar-refractivity contribution is -0.128. The van der Waals surface area contributed by atoms with Crippen LogP contribution in [0.15, 0.2) is 0 Å². The van der Waals surface area contributed by atoms with E-state index in [1.54, 1.807) is 0 Å². The molecule has 0 aromatic rings. The van der Waals surface area contributed by atoms with Gasteiger partial charge in [-0.05, 0) is 57.5 Å². The van der Waals surface area contributed by atoms with Gasteiger partial charge in [0.15, 0.2) is 0 Å². The number of rotatable bonds is 6. The smallest absolute Gasteiger partial charge is 0.225 e. The summed E-state index contributed by atoms with van der Waals surface area (Å²) in [6.07, 6.45) is 4.61. The van der Waals surface area contributed by atoms with Crippen molar-refractivity contribution >= 4 is 30.7 Å². The van der Waals surface area contributed by atoms with E-state index in [1.165, 1.54) is 19.3 Å². The second-order valence-corrected chi connectivity index (χ2v) is 7.53. The molecule has 2 saturated carbocycles. The van der Waals surface area contributed by atoms with Gasteiger partial charge in [0.25, 0.3) is 0 Å². The van der Waals surface area contributed by atoms with Crippen LogP contribution in [0.4, 0.5) is 0 Å². The lowest BCUT2D eigenvalue weighted by atomic mass is 9.84. The summed E-state index contributed by atoms with van der Waals surface area (Å²) >= 11 is 0. The third-order valence-corrected chi connectivity index (χ3v) is 4.97. The second kappa shape index (κ2) is 9.31. The second-order valence-electron chi connectivity index (χ2n) is 7.53. The molecule has 2 fully saturated rings. The zero-order valence-electron chi connectivity index (χ0n) is 14.2. The summed E-state index contributed by atoms with van der Waals surface area (Å²) in [5, 5.41) is 3.28. The van der Waals surface area contributed by atoms with Crippen LogP contribution in [0.2, 0.25) is 0 Å². The van der Waals surface area contributed by atoms with Crippen LogP contribution in [0.1, 0.15) is 39.5 Å². The highest BCUT2D eigenvalue weighted by Crippen LogP contribution is 2.47. The highest BCUT2D eigenvalue weighted by molar-refractivity contribution is 5.85. The van der Waals surface area contributed by atoms with Crippen LogP contribution in [-0.2, 0) is 4.79 Å². The van der Waals surface area contributed by atoms with Crippen molar-refractivity contribution in [3.05, 3.63) is 0 Å². The summed E-state index contributed by atoms with van der Waals surface area (Å²) < 4.78 is 0. The van der Waals surface area contributed by atoms with Crippen molar-refractivity contribution in [2.45, 2.75) is 51.6 Å². The van der Waals surface area contributed by atoms with E-state index in [-0.39, 0.29) is 48.7 Å². The normalized spacial score (nSPS) is 30.9. The van der Waals surface area contributed by atoms with Crippen LogP contribution in [0, 0.1) is 23.7 Å². The van der Waals surface area contributed by atoms with Crippen LogP contribution >= 0.6 is 24.8 Å². The number of halogens is 2. The van der Waals surface area contributed by atoms with Gasteiger partial charge in [0.2, 0.25) is 5.91 Å². The van der Waals surface area contributed by atoms with Gasteiger partial charge in [0.1, 0.15) is 0 Å². The van der Waals surface area contributed by atoms with Gasteiger partial charge in [-0.15, -0.1) is 24.8 Å². The lowest BCUT2D eigenvalue weighted by Gasteiger charge is -2.30. The van der Waals surface area contributed by atoms with Gasteiger partial charge >= 0.3 is 0 Å². The van der Waals surface area contributed by atoms with E-state index < -0.39 is 0 Å². The molecule has 0 spiro atoms. The zero-order valence-corrected chi connectivity index (χ0v) is 15.9. The standard InChI is InChI=1S/C16H31N3O.2ClH/c1-10(2)7-13(9-19(3)4)18-16(20)14-11-5-6-12(8-11)15(14)17;;/h10-15H,5-9,17H2,1-4H3,(H,18,20);2*1H. The number of carbonyl (C=O) groups is 1. The number of nitrogens with one attached hydrogen (secondary N) is 1. The quantitative estimate of drug-likeness (QED) is 0.770. The van der Waals surface area contributed by atoms with E-state index in [2.05, 4.69) is 38.2 Å². The average molecular weight is 354 g/mol. The Morgan fingerprint density at radius 2 is 1.82 bits per heavy atom. The molecule has 5 atom stereocenters. The summed E-state index contributed by atoms with van der Waals surface area (Å²) in [4.78, 5) is 14.8. The molecule has 2 bridgehead atoms. The third kappa shape index (κ3) is 5.26. The Balaban J connectivity index is 0.00000220. The predicted molar refractivity (Wildman–Crippen MR) is 96.7 cm³/mol. The Morgan fingerprint density at radius 3 is 2.27 bits per heavy atom. The van der Waals surface area contributed by atoms with Gasteiger partial charge in [-0.3, -0.25) is 4.79 Å². The number of likely N-dealkylation sites (N-methyl/N-ethyl adjacent to an activating group) is 1. The number of nitrogens with two attached hydrogens (primary N) is 1. The summed E-state index contributed by atoms with van der Waals surface area (Å²) in [6, 6.07) is 0.330. The fraction of sp³-hybridized carbons (Fsp3) is 0.938. The molecule has 2 rings (SSSR count). The summed E-state index contributed by atoms with van der Waals surface area (Å²) in [7, 11) is 4.12. The van der Waals surface area contributed by atoms with Gasteiger partial charge in [-0.2, -0.15) is 0 Å². The molecule has 3 N–H and O–H groups in total. The number of hydrogen-bond acceptors (Lipinski definition) is 3. The molecule has 1 amide bonds. The van der Waals surface area contributed by atoms with E-state index in [4.69, 9.17) is 5.73 Å². The van der Waals surface area contributed by atoms with Crippen molar-refractivity contribution in [1.82, 2.24) is 10.2 Å². The minimum absolute atomic E-state index is 0. The molecular formula is C16H33Cl2N3O. The van der Waals surface area contributed by atoms with Gasteiger partial charge in [-0.25, -0.2) is 0 Å². The molecule has 2 aliphatic rings. The van der Waals surface area contributed by atoms with E-state index in [0.29, 0.717) is 17.8 Å². The first-order chi connectivity index (χ1) is 9.38. The first-order valence-electron chi connectivity index (χ1n) is 8.09. The van der Waals surface area contributed by atoms with Crippen molar-refractivity contribution in [2.75, 3.05) is 20.6 Å². The van der Waals surface area contributed by atoms with Crippen LogP contribution in [-0.4, -0.2) is 43.5 Å². The number of hydrogen-bond donors (Lipinski definition) is 2. The number of nitrogens with zero attached hydrogens (tertiary/aromatic N) is 1. The van der Waals surface area contributed by atoms with Crippen molar-refractivity contribution in [2.24, 2.45) is 29.4 Å². The molecule has 0 heterocycles. The molecular weight excluding hydrogens is 321 g/mol. The Labute approximate surface area is 147 Å². The van der Waals surface area contributed by atoms with Gasteiger partial charge in [0, 0.05) is 18.6 Å². The molecule has 0 aromatic carbocycles. The SMILES string of the molecule is CC(C)CC(CN(C)C)NC(=O)C1C2CCC(C2)C1N.Cl.Cl. The van der Waals surface area contributed by atoms with Crippen molar-refractivity contribution in [1.29, 1.82) is 0 Å². The van der Waals surface area contributed by atoms with E-state index in [9.17, 15) is 4.79 Å². The molecule has 5 unspecified atom stereocenters. The Morgan fingerprint density at radius 1 is 1.23 bits per heavy atom. The lowest BCUT2D eigenvalue weighted by Crippen LogP contribution is -2.50. The molecule has 2 aliphatic carbocycles. The van der Waals surface area contributed by atoms with Gasteiger partial charge < -0.3 is 16.0 Å². The van der Waals surface area contributed by atoms with Crippen molar-refractivity contribution in [3.63, 3.8) is 0 Å². The summed E-state index contributed by atoms with van der Waals surface area (Å²) in [6.45, 7) is 5.32. The van der Waals surface area contributed by atoms with Gasteiger partial charge in [-0.1, -0.05) is 13.8 Å². The fourth-order valence-electron chi connectivity index (χ4n) is 4.21. The van der Waals surface area contributed by atoms with E-state index in [1.807, 2.05) is 0 Å². The first kappa shape index (κ1) is 22.0. The average Bonchev–Trinajstić information content (AvgIpc) is 2.86. The molecule has 0 saturated heterocycles. The summed E-state index contributed by atoms with van der Waals surface area (Å²) in [5.74, 6) is 1.99. The van der Waals surface area contributed by atoms with Crippen molar-refractivity contribution < 1.29 is 4.79 Å².